The van der Waals surface area contributed by atoms with Crippen LogP contribution in [-0.4, -0.2) is 63.2 Å². The van der Waals surface area contributed by atoms with E-state index in [0.717, 1.165) is 4.57 Å². The van der Waals surface area contributed by atoms with Crippen LogP contribution in [0.1, 0.15) is 59.8 Å². The minimum atomic E-state index is -0.946. The average Bonchev–Trinajstić information content (AvgIpc) is 3.05. The molecule has 192 valence electrons. The van der Waals surface area contributed by atoms with Gasteiger partial charge in [0.05, 0.1) is 13.2 Å². The first-order chi connectivity index (χ1) is 15.6. The highest BCUT2D eigenvalue weighted by molar-refractivity contribution is 5.61. The van der Waals surface area contributed by atoms with Crippen molar-refractivity contribution in [2.75, 3.05) is 13.2 Å². The molecule has 0 spiro atoms. The molecule has 0 radical (unpaired) electrons. The zero-order valence-corrected chi connectivity index (χ0v) is 20.7. The molecule has 3 atom stereocenters. The number of hydrogen-bond acceptors (Lipinski definition) is 10. The second-order valence-electron chi connectivity index (χ2n) is 9.94. The predicted octanol–water partition coefficient (Wildman–Crippen LogP) is 1.87. The predicted molar refractivity (Wildman–Crippen MR) is 119 cm³/mol. The zero-order valence-electron chi connectivity index (χ0n) is 20.7. The van der Waals surface area contributed by atoms with Gasteiger partial charge in [-0.15, -0.1) is 0 Å². The summed E-state index contributed by atoms with van der Waals surface area (Å²) in [4.78, 5) is 49.4. The molecule has 2 unspecified atom stereocenters. The number of aryl methyl sites for hydroxylation is 1. The van der Waals surface area contributed by atoms with Gasteiger partial charge in [-0.1, -0.05) is 0 Å². The highest BCUT2D eigenvalue weighted by atomic mass is 16.8. The van der Waals surface area contributed by atoms with E-state index in [1.54, 1.807) is 41.5 Å². The van der Waals surface area contributed by atoms with Crippen molar-refractivity contribution in [1.29, 1.82) is 0 Å². The summed E-state index contributed by atoms with van der Waals surface area (Å²) in [6.45, 7) is 10.7. The van der Waals surface area contributed by atoms with Crippen LogP contribution in [0.5, 0.6) is 0 Å². The summed E-state index contributed by atoms with van der Waals surface area (Å²) in [6, 6.07) is 0. The van der Waals surface area contributed by atoms with Crippen molar-refractivity contribution in [3.63, 3.8) is 0 Å². The summed E-state index contributed by atoms with van der Waals surface area (Å²) in [5.41, 5.74) is -2.53. The van der Waals surface area contributed by atoms with E-state index in [1.807, 2.05) is 0 Å². The lowest BCUT2D eigenvalue weighted by Gasteiger charge is -2.23. The maximum absolute atomic E-state index is 12.9. The molecule has 1 aromatic heterocycles. The second kappa shape index (κ2) is 10.6. The third-order valence-corrected chi connectivity index (χ3v) is 4.57. The molecule has 0 bridgehead atoms. The summed E-state index contributed by atoms with van der Waals surface area (Å²) in [7, 11) is 0. The van der Waals surface area contributed by atoms with Crippen molar-refractivity contribution in [2.24, 2.45) is 0 Å². The van der Waals surface area contributed by atoms with Gasteiger partial charge in [0.2, 0.25) is 0 Å². The quantitative estimate of drug-likeness (QED) is 0.592. The Morgan fingerprint density at radius 1 is 1.09 bits per heavy atom. The maximum Gasteiger partial charge on any atom is 0.509 e. The van der Waals surface area contributed by atoms with E-state index in [9.17, 15) is 24.3 Å². The first-order valence-corrected chi connectivity index (χ1v) is 11.0. The van der Waals surface area contributed by atoms with E-state index in [-0.39, 0.29) is 25.1 Å². The molecule has 2 heterocycles. The number of hydrogen-bond donors (Lipinski definition) is 1. The van der Waals surface area contributed by atoms with E-state index in [4.69, 9.17) is 23.7 Å². The van der Waals surface area contributed by atoms with Crippen molar-refractivity contribution in [3.8, 4) is 0 Å². The van der Waals surface area contributed by atoms with Gasteiger partial charge in [0.15, 0.2) is 0 Å². The van der Waals surface area contributed by atoms with E-state index in [2.05, 4.69) is 0 Å². The Morgan fingerprint density at radius 2 is 1.68 bits per heavy atom. The average molecular weight is 487 g/mol. The van der Waals surface area contributed by atoms with E-state index >= 15 is 0 Å². The van der Waals surface area contributed by atoms with Crippen LogP contribution in [0.4, 0.5) is 9.59 Å². The highest BCUT2D eigenvalue weighted by Crippen LogP contribution is 2.31. The van der Waals surface area contributed by atoms with Gasteiger partial charge in [-0.05, 0) is 48.5 Å². The second-order valence-corrected chi connectivity index (χ2v) is 9.94. The molecular weight excluding hydrogens is 452 g/mol. The molecule has 1 fully saturated rings. The van der Waals surface area contributed by atoms with Gasteiger partial charge in [-0.3, -0.25) is 13.9 Å². The summed E-state index contributed by atoms with van der Waals surface area (Å²) >= 11 is 0. The fourth-order valence-corrected chi connectivity index (χ4v) is 3.23. The first-order valence-electron chi connectivity index (χ1n) is 11.0. The molecule has 0 aromatic carbocycles. The number of carbonyl (C=O) groups is 2. The Kier molecular flexibility index (Phi) is 8.54. The fraction of sp³-hybridized carbons (Fsp3) is 0.727. The molecule has 12 heteroatoms. The monoisotopic (exact) mass is 486 g/mol. The largest absolute Gasteiger partial charge is 0.509 e. The summed E-state index contributed by atoms with van der Waals surface area (Å²) < 4.78 is 28.9. The molecule has 0 amide bonds. The lowest BCUT2D eigenvalue weighted by Crippen LogP contribution is -2.42. The van der Waals surface area contributed by atoms with Gasteiger partial charge < -0.3 is 28.8 Å². The minimum absolute atomic E-state index is 0.0261. The summed E-state index contributed by atoms with van der Waals surface area (Å²) in [5, 5.41) is 9.22. The normalized spacial score (nSPS) is 20.6. The molecule has 0 saturated carbocycles. The van der Waals surface area contributed by atoms with E-state index in [0.29, 0.717) is 0 Å². The van der Waals surface area contributed by atoms with Crippen molar-refractivity contribution >= 4 is 12.3 Å². The third-order valence-electron chi connectivity index (χ3n) is 4.57. The van der Waals surface area contributed by atoms with Crippen molar-refractivity contribution in [2.45, 2.75) is 91.1 Å². The molecule has 1 saturated heterocycles. The van der Waals surface area contributed by atoms with Gasteiger partial charge in [-0.25, -0.2) is 14.4 Å². The Balaban J connectivity index is 2.28. The number of ether oxygens (including phenoxy) is 5. The van der Waals surface area contributed by atoms with Gasteiger partial charge in [0, 0.05) is 18.2 Å². The molecule has 1 N–H and O–H groups in total. The van der Waals surface area contributed by atoms with Crippen molar-refractivity contribution in [3.05, 3.63) is 32.6 Å². The van der Waals surface area contributed by atoms with Crippen LogP contribution in [0.25, 0.3) is 0 Å². The number of aliphatic hydroxyl groups excluding tert-OH is 1. The SMILES string of the molecule is Cc1cn(C2C[C@H](OC(=O)OC(C)(C)C)C(COC(=O)OC(C)(C)C)O2)c(=O)n(CCO)c1=O. The Labute approximate surface area is 197 Å². The molecular formula is C22H34N2O10. The van der Waals surface area contributed by atoms with Crippen molar-refractivity contribution < 1.29 is 38.4 Å². The lowest BCUT2D eigenvalue weighted by atomic mass is 10.2. The Morgan fingerprint density at radius 3 is 2.24 bits per heavy atom. The minimum Gasteiger partial charge on any atom is -0.431 e. The third kappa shape index (κ3) is 7.59. The number of nitrogens with zero attached hydrogens (tertiary/aromatic N) is 2. The number of carbonyl (C=O) groups excluding carboxylic acids is 2. The summed E-state index contributed by atoms with van der Waals surface area (Å²) in [5.74, 6) is 0. The van der Waals surface area contributed by atoms with Crippen LogP contribution < -0.4 is 11.2 Å². The topological polar surface area (TPSA) is 145 Å². The standard InChI is InChI=1S/C22H34N2O10/c1-13-11-24(18(27)23(8-9-25)17(13)26)16-10-14(32-20(29)34-22(5,6)7)15(31-16)12-30-19(28)33-21(2,3)4/h11,14-16,25H,8-10,12H2,1-7H3/t14-,15?,16?/m0/s1. The molecule has 1 aliphatic heterocycles. The van der Waals surface area contributed by atoms with Crippen molar-refractivity contribution in [1.82, 2.24) is 9.13 Å². The van der Waals surface area contributed by atoms with Crippen LogP contribution in [0.15, 0.2) is 15.8 Å². The van der Waals surface area contributed by atoms with Crippen LogP contribution in [0, 0.1) is 6.92 Å². The van der Waals surface area contributed by atoms with Gasteiger partial charge in [0.25, 0.3) is 5.56 Å². The molecule has 12 nitrogen and oxygen atoms in total. The molecule has 0 aliphatic carbocycles. The number of aliphatic hydroxyl groups is 1. The van der Waals surface area contributed by atoms with Crippen LogP contribution in [-0.2, 0) is 30.2 Å². The van der Waals surface area contributed by atoms with Gasteiger partial charge >= 0.3 is 18.0 Å². The lowest BCUT2D eigenvalue weighted by molar-refractivity contribution is -0.0824. The van der Waals surface area contributed by atoms with Crippen LogP contribution >= 0.6 is 0 Å². The van der Waals surface area contributed by atoms with Gasteiger partial charge in [0.1, 0.15) is 36.2 Å². The molecule has 1 aromatic rings. The first kappa shape index (κ1) is 27.4. The van der Waals surface area contributed by atoms with Crippen LogP contribution in [0.2, 0.25) is 0 Å². The highest BCUT2D eigenvalue weighted by Gasteiger charge is 2.41. The maximum atomic E-state index is 12.9. The number of rotatable bonds is 6. The fourth-order valence-electron chi connectivity index (χ4n) is 3.23. The molecule has 2 rings (SSSR count). The molecule has 34 heavy (non-hydrogen) atoms. The Bertz CT molecular complexity index is 999. The van der Waals surface area contributed by atoms with Gasteiger partial charge in [-0.2, -0.15) is 0 Å². The Hall–Kier alpha value is -2.86. The van der Waals surface area contributed by atoms with Crippen LogP contribution in [0.3, 0.4) is 0 Å². The smallest absolute Gasteiger partial charge is 0.431 e. The van der Waals surface area contributed by atoms with E-state index in [1.165, 1.54) is 17.7 Å². The van der Waals surface area contributed by atoms with E-state index < -0.39 is 59.8 Å². The number of aromatic nitrogens is 2. The zero-order chi connectivity index (χ0) is 25.8. The molecule has 1 aliphatic rings. The summed E-state index contributed by atoms with van der Waals surface area (Å²) in [6.07, 6.45) is -3.30.